The first kappa shape index (κ1) is 26.4. The van der Waals surface area contributed by atoms with Crippen molar-refractivity contribution in [3.63, 3.8) is 0 Å². The number of unbranched alkanes of at least 4 members (excludes halogenated alkanes) is 2. The average molecular weight is 436 g/mol. The van der Waals surface area contributed by atoms with Crippen LogP contribution in [0.3, 0.4) is 0 Å². The van der Waals surface area contributed by atoms with Gasteiger partial charge in [-0.15, -0.1) is 0 Å². The van der Waals surface area contributed by atoms with Crippen LogP contribution in [0, 0.1) is 6.92 Å². The molecule has 8 heteroatoms. The van der Waals surface area contributed by atoms with Crippen molar-refractivity contribution in [2.45, 2.75) is 65.5 Å². The lowest BCUT2D eigenvalue weighted by Gasteiger charge is -2.31. The van der Waals surface area contributed by atoms with Gasteiger partial charge in [-0.3, -0.25) is 9.59 Å². The topological polar surface area (TPSA) is 108 Å². The molecule has 3 amide bonds. The van der Waals surface area contributed by atoms with Gasteiger partial charge in [-0.05, 0) is 39.7 Å². The van der Waals surface area contributed by atoms with Crippen molar-refractivity contribution in [3.05, 3.63) is 35.4 Å². The summed E-state index contributed by atoms with van der Waals surface area (Å²) in [6, 6.07) is 6.41. The van der Waals surface area contributed by atoms with Crippen LogP contribution in [0.25, 0.3) is 0 Å². The van der Waals surface area contributed by atoms with Gasteiger partial charge in [-0.25, -0.2) is 4.79 Å². The largest absolute Gasteiger partial charge is 0.444 e. The second-order valence-electron chi connectivity index (χ2n) is 8.48. The Bertz CT molecular complexity index is 713. The normalized spacial score (nSPS) is 12.1. The SMILES string of the molecule is CCCCCNC(=O)C(c1ccc(C)cc1)N(CCO)C(=O)CNC(=O)OC(C)(C)C. The van der Waals surface area contributed by atoms with Crippen molar-refractivity contribution >= 4 is 17.9 Å². The molecule has 0 aliphatic heterocycles. The number of hydrogen-bond acceptors (Lipinski definition) is 5. The summed E-state index contributed by atoms with van der Waals surface area (Å²) in [6.07, 6.45) is 2.15. The fourth-order valence-electron chi connectivity index (χ4n) is 2.97. The fourth-order valence-corrected chi connectivity index (χ4v) is 2.97. The Morgan fingerprint density at radius 1 is 1.10 bits per heavy atom. The molecule has 174 valence electrons. The van der Waals surface area contributed by atoms with E-state index >= 15 is 0 Å². The molecule has 0 saturated carbocycles. The van der Waals surface area contributed by atoms with Gasteiger partial charge < -0.3 is 25.4 Å². The summed E-state index contributed by atoms with van der Waals surface area (Å²) >= 11 is 0. The van der Waals surface area contributed by atoms with E-state index in [1.807, 2.05) is 19.1 Å². The Labute approximate surface area is 185 Å². The molecule has 0 bridgehead atoms. The highest BCUT2D eigenvalue weighted by atomic mass is 16.6. The summed E-state index contributed by atoms with van der Waals surface area (Å²) in [5, 5.41) is 14.9. The van der Waals surface area contributed by atoms with E-state index in [4.69, 9.17) is 4.74 Å². The molecule has 8 nitrogen and oxygen atoms in total. The van der Waals surface area contributed by atoms with Crippen LogP contribution < -0.4 is 10.6 Å². The van der Waals surface area contributed by atoms with Crippen molar-refractivity contribution in [1.29, 1.82) is 0 Å². The van der Waals surface area contributed by atoms with Gasteiger partial charge in [-0.1, -0.05) is 49.6 Å². The van der Waals surface area contributed by atoms with Crippen LogP contribution in [0.1, 0.15) is 64.1 Å². The van der Waals surface area contributed by atoms with E-state index in [2.05, 4.69) is 17.6 Å². The highest BCUT2D eigenvalue weighted by molar-refractivity contribution is 5.90. The van der Waals surface area contributed by atoms with Crippen molar-refractivity contribution in [2.24, 2.45) is 0 Å². The molecule has 1 atom stereocenters. The highest BCUT2D eigenvalue weighted by Crippen LogP contribution is 2.22. The molecule has 0 aromatic heterocycles. The Morgan fingerprint density at radius 3 is 2.29 bits per heavy atom. The number of aliphatic hydroxyl groups excluding tert-OH is 1. The van der Waals surface area contributed by atoms with Crippen LogP contribution in [-0.2, 0) is 14.3 Å². The number of ether oxygens (including phenoxy) is 1. The second-order valence-corrected chi connectivity index (χ2v) is 8.48. The molecule has 0 fully saturated rings. The fraction of sp³-hybridized carbons (Fsp3) is 0.609. The maximum absolute atomic E-state index is 13.0. The monoisotopic (exact) mass is 435 g/mol. The molecule has 0 saturated heterocycles. The first-order valence-corrected chi connectivity index (χ1v) is 10.8. The third kappa shape index (κ3) is 9.83. The van der Waals surface area contributed by atoms with Gasteiger partial charge in [0.2, 0.25) is 11.8 Å². The predicted molar refractivity (Wildman–Crippen MR) is 119 cm³/mol. The summed E-state index contributed by atoms with van der Waals surface area (Å²) in [6.45, 7) is 8.99. The summed E-state index contributed by atoms with van der Waals surface area (Å²) < 4.78 is 5.16. The van der Waals surface area contributed by atoms with E-state index in [-0.39, 0.29) is 25.6 Å². The number of carbonyl (C=O) groups is 3. The van der Waals surface area contributed by atoms with E-state index in [1.54, 1.807) is 32.9 Å². The molecule has 0 aliphatic carbocycles. The Morgan fingerprint density at radius 2 is 1.74 bits per heavy atom. The molecular weight excluding hydrogens is 398 g/mol. The lowest BCUT2D eigenvalue weighted by atomic mass is 10.0. The number of alkyl carbamates (subject to hydrolysis) is 1. The van der Waals surface area contributed by atoms with E-state index in [0.29, 0.717) is 12.1 Å². The summed E-state index contributed by atoms with van der Waals surface area (Å²) in [5.74, 6) is -0.812. The van der Waals surface area contributed by atoms with Crippen LogP contribution >= 0.6 is 0 Å². The molecule has 1 aromatic carbocycles. The maximum Gasteiger partial charge on any atom is 0.408 e. The molecule has 3 N–H and O–H groups in total. The lowest BCUT2D eigenvalue weighted by Crippen LogP contribution is -2.48. The van der Waals surface area contributed by atoms with Gasteiger partial charge in [0.05, 0.1) is 6.61 Å². The molecule has 1 unspecified atom stereocenters. The highest BCUT2D eigenvalue weighted by Gasteiger charge is 2.31. The van der Waals surface area contributed by atoms with E-state index < -0.39 is 23.6 Å². The smallest absolute Gasteiger partial charge is 0.408 e. The van der Waals surface area contributed by atoms with Crippen molar-refractivity contribution in [3.8, 4) is 0 Å². The van der Waals surface area contributed by atoms with Crippen LogP contribution in [0.2, 0.25) is 0 Å². The zero-order chi connectivity index (χ0) is 23.4. The predicted octanol–water partition coefficient (Wildman–Crippen LogP) is 2.69. The second kappa shape index (κ2) is 12.9. The number of aryl methyl sites for hydroxylation is 1. The maximum atomic E-state index is 13.0. The third-order valence-electron chi connectivity index (χ3n) is 4.48. The standard InChI is InChI=1S/C23H37N3O5/c1-6-7-8-13-24-21(29)20(18-11-9-17(2)10-12-18)26(14-15-27)19(28)16-25-22(30)31-23(3,4)5/h9-12,20,27H,6-8,13-16H2,1-5H3,(H,24,29)(H,25,30). The van der Waals surface area contributed by atoms with Crippen LogP contribution in [0.4, 0.5) is 4.79 Å². The first-order chi connectivity index (χ1) is 14.6. The van der Waals surface area contributed by atoms with E-state index in [9.17, 15) is 19.5 Å². The first-order valence-electron chi connectivity index (χ1n) is 10.8. The number of rotatable bonds is 11. The molecule has 1 aromatic rings. The third-order valence-corrected chi connectivity index (χ3v) is 4.48. The van der Waals surface area contributed by atoms with Gasteiger partial charge in [0, 0.05) is 13.1 Å². The Balaban J connectivity index is 3.02. The number of nitrogens with one attached hydrogen (secondary N) is 2. The molecule has 0 heterocycles. The number of nitrogens with zero attached hydrogens (tertiary/aromatic N) is 1. The zero-order valence-electron chi connectivity index (χ0n) is 19.4. The van der Waals surface area contributed by atoms with Gasteiger partial charge in [0.1, 0.15) is 18.2 Å². The van der Waals surface area contributed by atoms with Gasteiger partial charge in [-0.2, -0.15) is 0 Å². The average Bonchev–Trinajstić information content (AvgIpc) is 2.69. The van der Waals surface area contributed by atoms with Crippen molar-refractivity contribution in [2.75, 3.05) is 26.2 Å². The van der Waals surface area contributed by atoms with Gasteiger partial charge in [0.25, 0.3) is 0 Å². The van der Waals surface area contributed by atoms with Crippen LogP contribution in [0.15, 0.2) is 24.3 Å². The van der Waals surface area contributed by atoms with E-state index in [1.165, 1.54) is 4.90 Å². The van der Waals surface area contributed by atoms with Crippen LogP contribution in [-0.4, -0.2) is 59.8 Å². The summed E-state index contributed by atoms with van der Waals surface area (Å²) in [4.78, 5) is 39.2. The number of aliphatic hydroxyl groups is 1. The molecule has 0 radical (unpaired) electrons. The van der Waals surface area contributed by atoms with Gasteiger partial charge >= 0.3 is 6.09 Å². The summed E-state index contributed by atoms with van der Waals surface area (Å²) in [5.41, 5.74) is 0.968. The number of benzene rings is 1. The van der Waals surface area contributed by atoms with Crippen LogP contribution in [0.5, 0.6) is 0 Å². The minimum Gasteiger partial charge on any atom is -0.444 e. The number of hydrogen-bond donors (Lipinski definition) is 3. The molecule has 31 heavy (non-hydrogen) atoms. The molecule has 0 spiro atoms. The molecule has 0 aliphatic rings. The number of amides is 3. The molecular formula is C23H37N3O5. The minimum atomic E-state index is -0.915. The Hall–Kier alpha value is -2.61. The van der Waals surface area contributed by atoms with Gasteiger partial charge in [0.15, 0.2) is 0 Å². The quantitative estimate of drug-likeness (QED) is 0.463. The Kier molecular flexibility index (Phi) is 11.0. The lowest BCUT2D eigenvalue weighted by molar-refractivity contribution is -0.140. The van der Waals surface area contributed by atoms with Crippen molar-refractivity contribution < 1.29 is 24.2 Å². The van der Waals surface area contributed by atoms with Crippen molar-refractivity contribution in [1.82, 2.24) is 15.5 Å². The van der Waals surface area contributed by atoms with E-state index in [0.717, 1.165) is 24.8 Å². The zero-order valence-corrected chi connectivity index (χ0v) is 19.4. The number of carbonyl (C=O) groups excluding carboxylic acids is 3. The molecule has 1 rings (SSSR count). The summed E-state index contributed by atoms with van der Waals surface area (Å²) in [7, 11) is 0. The minimum absolute atomic E-state index is 0.0459.